The Hall–Kier alpha value is -0.820. The highest BCUT2D eigenvalue weighted by molar-refractivity contribution is 5.32. The lowest BCUT2D eigenvalue weighted by Crippen LogP contribution is -2.12. The molecule has 0 radical (unpaired) electrons. The molecular weight excluding hydrogens is 184 g/mol. The van der Waals surface area contributed by atoms with Crippen molar-refractivity contribution >= 4 is 0 Å². The average molecular weight is 206 g/mol. The summed E-state index contributed by atoms with van der Waals surface area (Å²) in [5, 5.41) is 10.2. The molecule has 0 spiro atoms. The fourth-order valence-corrected chi connectivity index (χ4v) is 1.81. The Morgan fingerprint density at radius 3 is 2.33 bits per heavy atom. The average Bonchev–Trinajstić information content (AvgIpc) is 2.06. The number of benzene rings is 1. The summed E-state index contributed by atoms with van der Waals surface area (Å²) in [5.41, 5.74) is 3.63. The Morgan fingerprint density at radius 2 is 1.80 bits per heavy atom. The lowest BCUT2D eigenvalue weighted by Gasteiger charge is -2.23. The van der Waals surface area contributed by atoms with E-state index in [-0.39, 0.29) is 11.5 Å². The molecule has 1 unspecified atom stereocenters. The van der Waals surface area contributed by atoms with Gasteiger partial charge in [0.15, 0.2) is 0 Å². The molecule has 1 nitrogen and oxygen atoms in total. The molecule has 0 saturated carbocycles. The topological polar surface area (TPSA) is 20.2 Å². The first kappa shape index (κ1) is 12.3. The molecule has 0 aliphatic carbocycles. The molecule has 0 aliphatic heterocycles. The first-order valence-electron chi connectivity index (χ1n) is 5.55. The quantitative estimate of drug-likeness (QED) is 0.781. The molecule has 84 valence electrons. The van der Waals surface area contributed by atoms with Crippen molar-refractivity contribution in [1.82, 2.24) is 0 Å². The van der Waals surface area contributed by atoms with Crippen molar-refractivity contribution in [2.75, 3.05) is 0 Å². The largest absolute Gasteiger partial charge is 0.388 e. The van der Waals surface area contributed by atoms with E-state index in [4.69, 9.17) is 0 Å². The van der Waals surface area contributed by atoms with Crippen LogP contribution in [0.25, 0.3) is 0 Å². The molecule has 0 aliphatic rings. The van der Waals surface area contributed by atoms with Gasteiger partial charge in [0.05, 0.1) is 6.10 Å². The standard InChI is InChI=1S/C14H22O/c1-10-6-7-11(2)12(8-10)13(15)9-14(3,4)5/h6-8,13,15H,9H2,1-5H3. The van der Waals surface area contributed by atoms with Gasteiger partial charge in [-0.2, -0.15) is 0 Å². The molecule has 0 aromatic heterocycles. The van der Waals surface area contributed by atoms with Gasteiger partial charge in [-0.15, -0.1) is 0 Å². The predicted molar refractivity (Wildman–Crippen MR) is 64.9 cm³/mol. The van der Waals surface area contributed by atoms with Crippen LogP contribution < -0.4 is 0 Å². The molecule has 1 aromatic rings. The van der Waals surface area contributed by atoms with Gasteiger partial charge in [-0.1, -0.05) is 44.5 Å². The van der Waals surface area contributed by atoms with E-state index < -0.39 is 0 Å². The van der Waals surface area contributed by atoms with Gasteiger partial charge in [-0.05, 0) is 36.8 Å². The highest BCUT2D eigenvalue weighted by Gasteiger charge is 2.19. The maximum atomic E-state index is 10.2. The number of aryl methyl sites for hydroxylation is 2. The van der Waals surface area contributed by atoms with E-state index in [2.05, 4.69) is 52.8 Å². The first-order valence-corrected chi connectivity index (χ1v) is 5.55. The van der Waals surface area contributed by atoms with Crippen molar-refractivity contribution in [1.29, 1.82) is 0 Å². The van der Waals surface area contributed by atoms with Gasteiger partial charge in [-0.25, -0.2) is 0 Å². The summed E-state index contributed by atoms with van der Waals surface area (Å²) in [4.78, 5) is 0. The molecule has 1 atom stereocenters. The number of aliphatic hydroxyl groups excluding tert-OH is 1. The minimum Gasteiger partial charge on any atom is -0.388 e. The van der Waals surface area contributed by atoms with Crippen molar-refractivity contribution in [3.8, 4) is 0 Å². The second kappa shape index (κ2) is 4.36. The molecule has 1 rings (SSSR count). The molecule has 1 heteroatoms. The van der Waals surface area contributed by atoms with E-state index in [9.17, 15) is 5.11 Å². The van der Waals surface area contributed by atoms with Gasteiger partial charge < -0.3 is 5.11 Å². The maximum absolute atomic E-state index is 10.2. The van der Waals surface area contributed by atoms with Crippen LogP contribution in [0.15, 0.2) is 18.2 Å². The predicted octanol–water partition coefficient (Wildman–Crippen LogP) is 3.77. The Labute approximate surface area is 93.1 Å². The highest BCUT2D eigenvalue weighted by Crippen LogP contribution is 2.31. The molecule has 1 aromatic carbocycles. The van der Waals surface area contributed by atoms with Crippen LogP contribution in [0, 0.1) is 19.3 Å². The summed E-state index contributed by atoms with van der Waals surface area (Å²) in [7, 11) is 0. The van der Waals surface area contributed by atoms with E-state index in [1.165, 1.54) is 11.1 Å². The number of hydrogen-bond donors (Lipinski definition) is 1. The third-order valence-corrected chi connectivity index (χ3v) is 2.60. The minimum atomic E-state index is -0.343. The molecule has 0 fully saturated rings. The van der Waals surface area contributed by atoms with E-state index in [1.807, 2.05) is 0 Å². The normalized spacial score (nSPS) is 14.0. The first-order chi connectivity index (χ1) is 6.79. The smallest absolute Gasteiger partial charge is 0.0797 e. The summed E-state index contributed by atoms with van der Waals surface area (Å²) in [5.74, 6) is 0. The number of rotatable bonds is 2. The summed E-state index contributed by atoms with van der Waals surface area (Å²) in [6.45, 7) is 10.6. The van der Waals surface area contributed by atoms with Crippen molar-refractivity contribution < 1.29 is 5.11 Å². The van der Waals surface area contributed by atoms with Crippen LogP contribution in [0.5, 0.6) is 0 Å². The van der Waals surface area contributed by atoms with Crippen LogP contribution in [0.3, 0.4) is 0 Å². The van der Waals surface area contributed by atoms with Gasteiger partial charge in [0, 0.05) is 0 Å². The molecule has 15 heavy (non-hydrogen) atoms. The van der Waals surface area contributed by atoms with E-state index in [0.29, 0.717) is 0 Å². The van der Waals surface area contributed by atoms with Crippen molar-refractivity contribution in [2.45, 2.75) is 47.1 Å². The minimum absolute atomic E-state index is 0.162. The molecule has 0 bridgehead atoms. The molecule has 0 saturated heterocycles. The van der Waals surface area contributed by atoms with Gasteiger partial charge >= 0.3 is 0 Å². The summed E-state index contributed by atoms with van der Waals surface area (Å²) >= 11 is 0. The van der Waals surface area contributed by atoms with Crippen LogP contribution in [0.1, 0.15) is 50.0 Å². The van der Waals surface area contributed by atoms with E-state index >= 15 is 0 Å². The zero-order valence-electron chi connectivity index (χ0n) is 10.5. The van der Waals surface area contributed by atoms with Crippen LogP contribution in [-0.4, -0.2) is 5.11 Å². The zero-order chi connectivity index (χ0) is 11.6. The fraction of sp³-hybridized carbons (Fsp3) is 0.571. The summed E-state index contributed by atoms with van der Waals surface area (Å²) in [6.07, 6.45) is 0.460. The second-order valence-corrected chi connectivity index (χ2v) is 5.64. The number of hydrogen-bond acceptors (Lipinski definition) is 1. The van der Waals surface area contributed by atoms with E-state index in [1.54, 1.807) is 0 Å². The SMILES string of the molecule is Cc1ccc(C)c(C(O)CC(C)(C)C)c1. The monoisotopic (exact) mass is 206 g/mol. The Morgan fingerprint density at radius 1 is 1.20 bits per heavy atom. The lowest BCUT2D eigenvalue weighted by molar-refractivity contribution is 0.122. The van der Waals surface area contributed by atoms with Gasteiger partial charge in [0.25, 0.3) is 0 Å². The lowest BCUT2D eigenvalue weighted by atomic mass is 9.85. The van der Waals surface area contributed by atoms with Crippen molar-refractivity contribution in [3.05, 3.63) is 34.9 Å². The van der Waals surface area contributed by atoms with Crippen LogP contribution in [0.4, 0.5) is 0 Å². The zero-order valence-corrected chi connectivity index (χ0v) is 10.5. The Kier molecular flexibility index (Phi) is 3.56. The van der Waals surface area contributed by atoms with Crippen molar-refractivity contribution in [3.63, 3.8) is 0 Å². The van der Waals surface area contributed by atoms with Gasteiger partial charge in [0.2, 0.25) is 0 Å². The molecule has 1 N–H and O–H groups in total. The van der Waals surface area contributed by atoms with Gasteiger partial charge in [-0.3, -0.25) is 0 Å². The Bertz CT molecular complexity index is 334. The van der Waals surface area contributed by atoms with Crippen LogP contribution in [0.2, 0.25) is 0 Å². The summed E-state index contributed by atoms with van der Waals surface area (Å²) in [6, 6.07) is 6.25. The molecule has 0 amide bonds. The van der Waals surface area contributed by atoms with Crippen LogP contribution >= 0.6 is 0 Å². The fourth-order valence-electron chi connectivity index (χ4n) is 1.81. The van der Waals surface area contributed by atoms with Crippen molar-refractivity contribution in [2.24, 2.45) is 5.41 Å². The second-order valence-electron chi connectivity index (χ2n) is 5.64. The molecular formula is C14H22O. The maximum Gasteiger partial charge on any atom is 0.0797 e. The third-order valence-electron chi connectivity index (χ3n) is 2.60. The van der Waals surface area contributed by atoms with E-state index in [0.717, 1.165) is 12.0 Å². The Balaban J connectivity index is 2.90. The summed E-state index contributed by atoms with van der Waals surface area (Å²) < 4.78 is 0. The van der Waals surface area contributed by atoms with Crippen LogP contribution in [-0.2, 0) is 0 Å². The number of aliphatic hydroxyl groups is 1. The van der Waals surface area contributed by atoms with Gasteiger partial charge in [0.1, 0.15) is 0 Å². The molecule has 0 heterocycles. The third kappa shape index (κ3) is 3.67. The highest BCUT2D eigenvalue weighted by atomic mass is 16.3.